The van der Waals surface area contributed by atoms with E-state index in [2.05, 4.69) is 20.6 Å². The summed E-state index contributed by atoms with van der Waals surface area (Å²) in [6.45, 7) is 4.78. The monoisotopic (exact) mass is 329 g/mol. The van der Waals surface area contributed by atoms with Crippen molar-refractivity contribution in [2.45, 2.75) is 32.0 Å². The van der Waals surface area contributed by atoms with Crippen molar-refractivity contribution < 1.29 is 9.47 Å². The van der Waals surface area contributed by atoms with Gasteiger partial charge in [0.2, 0.25) is 0 Å². The molecular weight excluding hydrogens is 306 g/mol. The van der Waals surface area contributed by atoms with Gasteiger partial charge >= 0.3 is 0 Å². The van der Waals surface area contributed by atoms with Gasteiger partial charge in [-0.05, 0) is 25.0 Å². The van der Waals surface area contributed by atoms with Gasteiger partial charge in [-0.2, -0.15) is 0 Å². The van der Waals surface area contributed by atoms with Crippen LogP contribution in [0.15, 0.2) is 24.5 Å². The van der Waals surface area contributed by atoms with Crippen LogP contribution in [0.5, 0.6) is 0 Å². The van der Waals surface area contributed by atoms with E-state index in [1.807, 2.05) is 23.0 Å². The Labute approximate surface area is 141 Å². The minimum absolute atomic E-state index is 0.401. The number of fused-ring (bicyclic) bond motifs is 1. The maximum Gasteiger partial charge on any atom is 0.120 e. The van der Waals surface area contributed by atoms with Gasteiger partial charge in [-0.1, -0.05) is 5.21 Å². The molecule has 2 aromatic heterocycles. The molecule has 0 radical (unpaired) electrons. The van der Waals surface area contributed by atoms with Crippen LogP contribution in [0.4, 0.5) is 0 Å². The SMILES string of the molecule is c1cncc(-c2nnn3c2COCC(CNC2CCOCC2)C3)c1. The summed E-state index contributed by atoms with van der Waals surface area (Å²) < 4.78 is 13.3. The predicted molar refractivity (Wildman–Crippen MR) is 88.2 cm³/mol. The number of aromatic nitrogens is 4. The van der Waals surface area contributed by atoms with Crippen LogP contribution >= 0.6 is 0 Å². The molecule has 2 aliphatic heterocycles. The average Bonchev–Trinajstić information content (AvgIpc) is 2.92. The molecule has 7 heteroatoms. The Bertz CT molecular complexity index is 654. The maximum absolute atomic E-state index is 5.91. The highest BCUT2D eigenvalue weighted by Crippen LogP contribution is 2.23. The quantitative estimate of drug-likeness (QED) is 0.910. The van der Waals surface area contributed by atoms with Crippen molar-refractivity contribution in [1.82, 2.24) is 25.3 Å². The van der Waals surface area contributed by atoms with E-state index in [4.69, 9.17) is 9.47 Å². The van der Waals surface area contributed by atoms with Crippen LogP contribution in [0.3, 0.4) is 0 Å². The van der Waals surface area contributed by atoms with E-state index in [-0.39, 0.29) is 0 Å². The fraction of sp³-hybridized carbons (Fsp3) is 0.588. The first-order chi connectivity index (χ1) is 11.9. The third kappa shape index (κ3) is 3.48. The minimum Gasteiger partial charge on any atom is -0.381 e. The van der Waals surface area contributed by atoms with Gasteiger partial charge in [0.1, 0.15) is 5.69 Å². The highest BCUT2D eigenvalue weighted by atomic mass is 16.5. The molecule has 1 atom stereocenters. The molecule has 4 heterocycles. The number of rotatable bonds is 4. The Morgan fingerprint density at radius 3 is 3.00 bits per heavy atom. The molecule has 2 aromatic rings. The first-order valence-corrected chi connectivity index (χ1v) is 8.62. The molecule has 0 spiro atoms. The number of hydrogen-bond donors (Lipinski definition) is 1. The Balaban J connectivity index is 1.43. The standard InChI is InChI=1S/C17H23N5O2/c1-2-14(9-18-5-1)17-16-12-24-11-13(10-22(16)21-20-17)8-19-15-3-6-23-7-4-15/h1-2,5,9,13,15,19H,3-4,6-8,10-12H2. The second-order valence-corrected chi connectivity index (χ2v) is 6.48. The van der Waals surface area contributed by atoms with Crippen LogP contribution in [0.1, 0.15) is 18.5 Å². The van der Waals surface area contributed by atoms with E-state index in [1.165, 1.54) is 0 Å². The zero-order chi connectivity index (χ0) is 16.2. The predicted octanol–water partition coefficient (Wildman–Crippen LogP) is 1.26. The van der Waals surface area contributed by atoms with Crippen molar-refractivity contribution in [2.75, 3.05) is 26.4 Å². The van der Waals surface area contributed by atoms with Gasteiger partial charge < -0.3 is 14.8 Å². The normalized spacial score (nSPS) is 22.1. The number of hydrogen-bond acceptors (Lipinski definition) is 6. The molecule has 0 amide bonds. The number of ether oxygens (including phenoxy) is 2. The first-order valence-electron chi connectivity index (χ1n) is 8.62. The van der Waals surface area contributed by atoms with Crippen molar-refractivity contribution >= 4 is 0 Å². The highest BCUT2D eigenvalue weighted by Gasteiger charge is 2.23. The Hall–Kier alpha value is -1.83. The van der Waals surface area contributed by atoms with Crippen LogP contribution in [-0.4, -0.2) is 52.4 Å². The molecule has 1 fully saturated rings. The van der Waals surface area contributed by atoms with E-state index in [0.717, 1.165) is 62.7 Å². The Kier molecular flexibility index (Phi) is 4.82. The smallest absolute Gasteiger partial charge is 0.120 e. The van der Waals surface area contributed by atoms with Crippen LogP contribution in [0, 0.1) is 5.92 Å². The third-order valence-electron chi connectivity index (χ3n) is 4.71. The molecule has 7 nitrogen and oxygen atoms in total. The summed E-state index contributed by atoms with van der Waals surface area (Å²) in [5.74, 6) is 0.401. The van der Waals surface area contributed by atoms with Crippen molar-refractivity contribution in [3.05, 3.63) is 30.2 Å². The lowest BCUT2D eigenvalue weighted by atomic mass is 10.1. The van der Waals surface area contributed by atoms with Crippen LogP contribution in [0.25, 0.3) is 11.3 Å². The molecular formula is C17H23N5O2. The zero-order valence-corrected chi connectivity index (χ0v) is 13.7. The summed E-state index contributed by atoms with van der Waals surface area (Å²) in [6.07, 6.45) is 5.76. The van der Waals surface area contributed by atoms with Gasteiger partial charge in [-0.3, -0.25) is 4.98 Å². The summed E-state index contributed by atoms with van der Waals surface area (Å²) in [6, 6.07) is 4.48. The summed E-state index contributed by atoms with van der Waals surface area (Å²) in [7, 11) is 0. The second kappa shape index (κ2) is 7.38. The summed E-state index contributed by atoms with van der Waals surface area (Å²) in [5, 5.41) is 12.4. The van der Waals surface area contributed by atoms with Crippen molar-refractivity contribution in [3.8, 4) is 11.3 Å². The zero-order valence-electron chi connectivity index (χ0n) is 13.7. The Morgan fingerprint density at radius 2 is 2.17 bits per heavy atom. The van der Waals surface area contributed by atoms with Crippen LogP contribution in [-0.2, 0) is 22.6 Å². The van der Waals surface area contributed by atoms with Crippen molar-refractivity contribution in [2.24, 2.45) is 5.92 Å². The minimum atomic E-state index is 0.401. The van der Waals surface area contributed by atoms with Crippen LogP contribution in [0.2, 0.25) is 0 Å². The summed E-state index contributed by atoms with van der Waals surface area (Å²) >= 11 is 0. The lowest BCUT2D eigenvalue weighted by Crippen LogP contribution is -2.39. The van der Waals surface area contributed by atoms with Gasteiger partial charge in [0.15, 0.2) is 0 Å². The fourth-order valence-corrected chi connectivity index (χ4v) is 3.33. The fourth-order valence-electron chi connectivity index (χ4n) is 3.33. The summed E-state index contributed by atoms with van der Waals surface area (Å²) in [4.78, 5) is 4.17. The van der Waals surface area contributed by atoms with E-state index >= 15 is 0 Å². The second-order valence-electron chi connectivity index (χ2n) is 6.48. The molecule has 0 saturated carbocycles. The lowest BCUT2D eigenvalue weighted by Gasteiger charge is -2.25. The molecule has 24 heavy (non-hydrogen) atoms. The molecule has 1 saturated heterocycles. The third-order valence-corrected chi connectivity index (χ3v) is 4.71. The molecule has 4 rings (SSSR count). The lowest BCUT2D eigenvalue weighted by molar-refractivity contribution is 0.0694. The van der Waals surface area contributed by atoms with Crippen molar-refractivity contribution in [1.29, 1.82) is 0 Å². The molecule has 1 unspecified atom stereocenters. The molecule has 1 N–H and O–H groups in total. The number of nitrogens with one attached hydrogen (secondary N) is 1. The highest BCUT2D eigenvalue weighted by molar-refractivity contribution is 5.59. The molecule has 0 bridgehead atoms. The van der Waals surface area contributed by atoms with E-state index in [1.54, 1.807) is 6.20 Å². The first kappa shape index (κ1) is 15.7. The molecule has 0 aromatic carbocycles. The van der Waals surface area contributed by atoms with Crippen LogP contribution < -0.4 is 5.32 Å². The van der Waals surface area contributed by atoms with Gasteiger partial charge in [0, 0.05) is 56.2 Å². The topological polar surface area (TPSA) is 74.1 Å². The van der Waals surface area contributed by atoms with Gasteiger partial charge in [0.05, 0.1) is 18.9 Å². The van der Waals surface area contributed by atoms with Gasteiger partial charge in [0.25, 0.3) is 0 Å². The maximum atomic E-state index is 5.91. The average molecular weight is 329 g/mol. The van der Waals surface area contributed by atoms with Crippen molar-refractivity contribution in [3.63, 3.8) is 0 Å². The van der Waals surface area contributed by atoms with Gasteiger partial charge in [-0.25, -0.2) is 4.68 Å². The van der Waals surface area contributed by atoms with Gasteiger partial charge in [-0.15, -0.1) is 5.10 Å². The summed E-state index contributed by atoms with van der Waals surface area (Å²) in [5.41, 5.74) is 2.90. The number of nitrogens with zero attached hydrogens (tertiary/aromatic N) is 4. The largest absolute Gasteiger partial charge is 0.381 e. The Morgan fingerprint density at radius 1 is 1.25 bits per heavy atom. The molecule has 0 aliphatic carbocycles. The molecule has 128 valence electrons. The number of pyridine rings is 1. The van der Waals surface area contributed by atoms with E-state index in [0.29, 0.717) is 18.6 Å². The molecule has 2 aliphatic rings. The van der Waals surface area contributed by atoms with E-state index in [9.17, 15) is 0 Å². The van der Waals surface area contributed by atoms with E-state index < -0.39 is 0 Å².